The van der Waals surface area contributed by atoms with Gasteiger partial charge in [-0.2, -0.15) is 0 Å². The van der Waals surface area contributed by atoms with Crippen LogP contribution in [0.5, 0.6) is 0 Å². The largest absolute Gasteiger partial charge is 0.321 e. The van der Waals surface area contributed by atoms with Crippen LogP contribution in [0.25, 0.3) is 0 Å². The number of anilines is 2. The van der Waals surface area contributed by atoms with Gasteiger partial charge in [0.05, 0.1) is 5.69 Å². The molecule has 138 valence electrons. The van der Waals surface area contributed by atoms with Crippen LogP contribution in [0.3, 0.4) is 0 Å². The van der Waals surface area contributed by atoms with E-state index in [2.05, 4.69) is 5.32 Å². The molecule has 0 unspecified atom stereocenters. The molecule has 26 heavy (non-hydrogen) atoms. The summed E-state index contributed by atoms with van der Waals surface area (Å²) in [7, 11) is 0. The molecule has 0 radical (unpaired) electrons. The Morgan fingerprint density at radius 1 is 1.00 bits per heavy atom. The molecule has 0 atom stereocenters. The molecule has 2 rings (SSSR count). The summed E-state index contributed by atoms with van der Waals surface area (Å²) in [6.07, 6.45) is -1.37. The second kappa shape index (κ2) is 7.99. The van der Waals surface area contributed by atoms with Crippen molar-refractivity contribution in [3.63, 3.8) is 0 Å². The molecule has 0 fully saturated rings. The predicted molar refractivity (Wildman–Crippen MR) is 89.2 cm³/mol. The van der Waals surface area contributed by atoms with E-state index in [0.29, 0.717) is 6.92 Å². The Kier molecular flexibility index (Phi) is 5.97. The fourth-order valence-corrected chi connectivity index (χ4v) is 2.08. The molecular formula is C18H16F4N2O2. The lowest BCUT2D eigenvalue weighted by Gasteiger charge is -2.13. The van der Waals surface area contributed by atoms with Crippen LogP contribution < -0.4 is 10.6 Å². The third-order valence-corrected chi connectivity index (χ3v) is 3.43. The predicted octanol–water partition coefficient (Wildman–Crippen LogP) is 4.59. The van der Waals surface area contributed by atoms with Gasteiger partial charge in [-0.05, 0) is 31.2 Å². The van der Waals surface area contributed by atoms with Gasteiger partial charge in [0.1, 0.15) is 11.5 Å². The minimum atomic E-state index is -3.07. The topological polar surface area (TPSA) is 58.2 Å². The van der Waals surface area contributed by atoms with Gasteiger partial charge >= 0.3 is 0 Å². The average molecular weight is 368 g/mol. The third kappa shape index (κ3) is 5.30. The molecule has 2 N–H and O–H groups in total. The first kappa shape index (κ1) is 19.4. The van der Waals surface area contributed by atoms with Gasteiger partial charge < -0.3 is 10.6 Å². The number of halogens is 4. The molecule has 0 spiro atoms. The molecule has 0 heterocycles. The highest BCUT2D eigenvalue weighted by molar-refractivity contribution is 6.04. The van der Waals surface area contributed by atoms with Crippen LogP contribution in [0.4, 0.5) is 28.9 Å². The molecule has 2 aromatic carbocycles. The van der Waals surface area contributed by atoms with E-state index in [0.717, 1.165) is 12.1 Å². The average Bonchev–Trinajstić information content (AvgIpc) is 2.59. The number of amides is 2. The van der Waals surface area contributed by atoms with Gasteiger partial charge in [0, 0.05) is 18.4 Å². The van der Waals surface area contributed by atoms with Crippen LogP contribution >= 0.6 is 0 Å². The van der Waals surface area contributed by atoms with Gasteiger partial charge in [0.15, 0.2) is 5.82 Å². The van der Waals surface area contributed by atoms with Crippen LogP contribution in [-0.2, 0) is 4.79 Å². The van der Waals surface area contributed by atoms with E-state index in [-0.39, 0.29) is 11.3 Å². The van der Waals surface area contributed by atoms with E-state index in [9.17, 15) is 27.2 Å². The SMILES string of the molecule is CC(F)(F)CCC(=O)Nc1c(F)ccc(NC(=O)c2ccccc2)c1F. The van der Waals surface area contributed by atoms with Gasteiger partial charge in [-0.15, -0.1) is 0 Å². The highest BCUT2D eigenvalue weighted by Gasteiger charge is 2.23. The maximum atomic E-state index is 14.4. The molecule has 0 aliphatic rings. The van der Waals surface area contributed by atoms with E-state index >= 15 is 0 Å². The van der Waals surface area contributed by atoms with Crippen LogP contribution in [0.1, 0.15) is 30.1 Å². The Hall–Kier alpha value is -2.90. The zero-order chi connectivity index (χ0) is 19.3. The Labute approximate surface area is 147 Å². The van der Waals surface area contributed by atoms with Crippen molar-refractivity contribution in [1.29, 1.82) is 0 Å². The summed E-state index contributed by atoms with van der Waals surface area (Å²) >= 11 is 0. The Bertz CT molecular complexity index is 805. The minimum absolute atomic E-state index is 0.256. The van der Waals surface area contributed by atoms with Gasteiger partial charge in [-0.1, -0.05) is 18.2 Å². The Balaban J connectivity index is 2.15. The lowest BCUT2D eigenvalue weighted by molar-refractivity contribution is -0.118. The first-order chi connectivity index (χ1) is 12.2. The Morgan fingerprint density at radius 3 is 2.27 bits per heavy atom. The van der Waals surface area contributed by atoms with E-state index < -0.39 is 47.9 Å². The van der Waals surface area contributed by atoms with Gasteiger partial charge in [0.25, 0.3) is 5.91 Å². The van der Waals surface area contributed by atoms with Crippen molar-refractivity contribution in [2.45, 2.75) is 25.7 Å². The number of rotatable bonds is 6. The van der Waals surface area contributed by atoms with Crippen molar-refractivity contribution in [1.82, 2.24) is 0 Å². The second-order valence-corrected chi connectivity index (χ2v) is 5.72. The van der Waals surface area contributed by atoms with Crippen molar-refractivity contribution in [3.05, 3.63) is 59.7 Å². The van der Waals surface area contributed by atoms with E-state index in [4.69, 9.17) is 0 Å². The Morgan fingerprint density at radius 2 is 1.65 bits per heavy atom. The van der Waals surface area contributed by atoms with Crippen LogP contribution in [0, 0.1) is 11.6 Å². The van der Waals surface area contributed by atoms with E-state index in [1.54, 1.807) is 18.2 Å². The highest BCUT2D eigenvalue weighted by atomic mass is 19.3. The van der Waals surface area contributed by atoms with Gasteiger partial charge in [-0.25, -0.2) is 17.6 Å². The maximum absolute atomic E-state index is 14.4. The summed E-state index contributed by atoms with van der Waals surface area (Å²) < 4.78 is 53.8. The zero-order valence-corrected chi connectivity index (χ0v) is 13.8. The number of benzene rings is 2. The number of hydrogen-bond acceptors (Lipinski definition) is 2. The fourth-order valence-electron chi connectivity index (χ4n) is 2.08. The molecule has 0 aliphatic heterocycles. The number of nitrogens with one attached hydrogen (secondary N) is 2. The smallest absolute Gasteiger partial charge is 0.255 e. The molecule has 4 nitrogen and oxygen atoms in total. The standard InChI is InChI=1S/C18H16F4N2O2/c1-18(21,22)10-9-14(25)24-16-12(19)7-8-13(15(16)20)23-17(26)11-5-3-2-4-6-11/h2-8H,9-10H2,1H3,(H,23,26)(H,24,25). The molecule has 2 amide bonds. The number of hydrogen-bond donors (Lipinski definition) is 2. The maximum Gasteiger partial charge on any atom is 0.255 e. The summed E-state index contributed by atoms with van der Waals surface area (Å²) in [5.41, 5.74) is -0.899. The number of carbonyl (C=O) groups excluding carboxylic acids is 2. The first-order valence-corrected chi connectivity index (χ1v) is 7.69. The minimum Gasteiger partial charge on any atom is -0.321 e. The molecule has 8 heteroatoms. The van der Waals surface area contributed by atoms with E-state index in [1.165, 1.54) is 12.1 Å². The van der Waals surface area contributed by atoms with Crippen molar-refractivity contribution in [3.8, 4) is 0 Å². The molecule has 0 bridgehead atoms. The van der Waals surface area contributed by atoms with Crippen molar-refractivity contribution < 1.29 is 27.2 Å². The highest BCUT2D eigenvalue weighted by Crippen LogP contribution is 2.27. The summed E-state index contributed by atoms with van der Waals surface area (Å²) in [6.45, 7) is 0.640. The lowest BCUT2D eigenvalue weighted by atomic mass is 10.1. The summed E-state index contributed by atoms with van der Waals surface area (Å²) in [5.74, 6) is -6.95. The van der Waals surface area contributed by atoms with Crippen molar-refractivity contribution in [2.24, 2.45) is 0 Å². The molecule has 0 saturated carbocycles. The molecule has 0 aromatic heterocycles. The lowest BCUT2D eigenvalue weighted by Crippen LogP contribution is -2.19. The molecular weight excluding hydrogens is 352 g/mol. The van der Waals surface area contributed by atoms with Crippen molar-refractivity contribution >= 4 is 23.2 Å². The fraction of sp³-hybridized carbons (Fsp3) is 0.222. The monoisotopic (exact) mass is 368 g/mol. The molecule has 0 saturated heterocycles. The normalized spacial score (nSPS) is 11.1. The van der Waals surface area contributed by atoms with Crippen molar-refractivity contribution in [2.75, 3.05) is 10.6 Å². The number of carbonyl (C=O) groups is 2. The second-order valence-electron chi connectivity index (χ2n) is 5.72. The third-order valence-electron chi connectivity index (χ3n) is 3.43. The molecule has 2 aromatic rings. The van der Waals surface area contributed by atoms with Gasteiger partial charge in [-0.3, -0.25) is 9.59 Å². The number of alkyl halides is 2. The van der Waals surface area contributed by atoms with Crippen LogP contribution in [0.2, 0.25) is 0 Å². The summed E-state index contributed by atoms with van der Waals surface area (Å²) in [4.78, 5) is 23.7. The molecule has 0 aliphatic carbocycles. The summed E-state index contributed by atoms with van der Waals surface area (Å²) in [6, 6.07) is 9.79. The van der Waals surface area contributed by atoms with Gasteiger partial charge in [0.2, 0.25) is 11.8 Å². The van der Waals surface area contributed by atoms with Crippen LogP contribution in [-0.4, -0.2) is 17.7 Å². The zero-order valence-electron chi connectivity index (χ0n) is 13.8. The summed E-state index contributed by atoms with van der Waals surface area (Å²) in [5, 5.41) is 4.20. The van der Waals surface area contributed by atoms with E-state index in [1.807, 2.05) is 5.32 Å². The quantitative estimate of drug-likeness (QED) is 0.733. The van der Waals surface area contributed by atoms with Crippen LogP contribution in [0.15, 0.2) is 42.5 Å². The first-order valence-electron chi connectivity index (χ1n) is 7.69.